The van der Waals surface area contributed by atoms with E-state index in [0.717, 1.165) is 5.57 Å². The van der Waals surface area contributed by atoms with E-state index in [2.05, 4.69) is 5.32 Å². The van der Waals surface area contributed by atoms with Crippen LogP contribution in [0.25, 0.3) is 0 Å². The van der Waals surface area contributed by atoms with Gasteiger partial charge in [0.05, 0.1) is 0 Å². The first kappa shape index (κ1) is 12.4. The van der Waals surface area contributed by atoms with Crippen LogP contribution in [0, 0.1) is 5.82 Å². The molecule has 0 saturated carbocycles. The summed E-state index contributed by atoms with van der Waals surface area (Å²) in [6, 6.07) is 6.59. The zero-order chi connectivity index (χ0) is 12.0. The molecule has 0 unspecified atom stereocenters. The molecule has 1 aromatic carbocycles. The SMILES string of the molecule is CC(C)=CC(=O)NCCc1ccccc1F. The van der Waals surface area contributed by atoms with Crippen LogP contribution in [0.4, 0.5) is 4.39 Å². The topological polar surface area (TPSA) is 29.1 Å². The third kappa shape index (κ3) is 4.26. The van der Waals surface area contributed by atoms with Crippen LogP contribution in [0.3, 0.4) is 0 Å². The first-order chi connectivity index (χ1) is 7.59. The second kappa shape index (κ2) is 6.05. The number of allylic oxidation sites excluding steroid dienone is 1. The standard InChI is InChI=1S/C13H16FNO/c1-10(2)9-13(16)15-8-7-11-5-3-4-6-12(11)14/h3-6,9H,7-8H2,1-2H3,(H,15,16). The lowest BCUT2D eigenvalue weighted by Gasteiger charge is -2.04. The summed E-state index contributed by atoms with van der Waals surface area (Å²) in [4.78, 5) is 11.2. The summed E-state index contributed by atoms with van der Waals surface area (Å²) in [7, 11) is 0. The summed E-state index contributed by atoms with van der Waals surface area (Å²) in [6.45, 7) is 4.16. The minimum absolute atomic E-state index is 0.128. The molecule has 0 bridgehead atoms. The molecule has 0 heterocycles. The van der Waals surface area contributed by atoms with Crippen LogP contribution in [0.15, 0.2) is 35.9 Å². The average molecular weight is 221 g/mol. The molecule has 3 heteroatoms. The van der Waals surface area contributed by atoms with Crippen LogP contribution in [-0.4, -0.2) is 12.5 Å². The molecule has 0 spiro atoms. The maximum atomic E-state index is 13.2. The van der Waals surface area contributed by atoms with Crippen molar-refractivity contribution in [1.29, 1.82) is 0 Å². The Morgan fingerprint density at radius 3 is 2.69 bits per heavy atom. The number of hydrogen-bond acceptors (Lipinski definition) is 1. The third-order valence-electron chi connectivity index (χ3n) is 2.07. The molecule has 0 saturated heterocycles. The highest BCUT2D eigenvalue weighted by atomic mass is 19.1. The molecule has 0 aliphatic carbocycles. The van der Waals surface area contributed by atoms with Gasteiger partial charge in [-0.2, -0.15) is 0 Å². The van der Waals surface area contributed by atoms with Crippen LogP contribution >= 0.6 is 0 Å². The maximum Gasteiger partial charge on any atom is 0.243 e. The van der Waals surface area contributed by atoms with Crippen molar-refractivity contribution >= 4 is 5.91 Å². The van der Waals surface area contributed by atoms with Crippen molar-refractivity contribution in [3.05, 3.63) is 47.3 Å². The number of nitrogens with one attached hydrogen (secondary N) is 1. The van der Waals surface area contributed by atoms with Gasteiger partial charge in [-0.1, -0.05) is 23.8 Å². The minimum Gasteiger partial charge on any atom is -0.352 e. The Morgan fingerprint density at radius 1 is 1.38 bits per heavy atom. The molecule has 0 aliphatic rings. The van der Waals surface area contributed by atoms with Gasteiger partial charge in [0.1, 0.15) is 5.82 Å². The Morgan fingerprint density at radius 2 is 2.06 bits per heavy atom. The number of benzene rings is 1. The maximum absolute atomic E-state index is 13.2. The van der Waals surface area contributed by atoms with E-state index in [1.54, 1.807) is 18.2 Å². The number of carbonyl (C=O) groups excluding carboxylic acids is 1. The Labute approximate surface area is 95.2 Å². The van der Waals surface area contributed by atoms with Gasteiger partial charge in [0.15, 0.2) is 0 Å². The van der Waals surface area contributed by atoms with E-state index in [0.29, 0.717) is 18.5 Å². The van der Waals surface area contributed by atoms with E-state index in [1.807, 2.05) is 13.8 Å². The molecule has 1 N–H and O–H groups in total. The van der Waals surface area contributed by atoms with Gasteiger partial charge in [0, 0.05) is 12.6 Å². The zero-order valence-electron chi connectivity index (χ0n) is 9.59. The van der Waals surface area contributed by atoms with Gasteiger partial charge in [-0.05, 0) is 31.9 Å². The summed E-state index contributed by atoms with van der Waals surface area (Å²) in [5.74, 6) is -0.352. The van der Waals surface area contributed by atoms with Gasteiger partial charge < -0.3 is 5.32 Å². The van der Waals surface area contributed by atoms with E-state index in [9.17, 15) is 9.18 Å². The van der Waals surface area contributed by atoms with Gasteiger partial charge in [-0.25, -0.2) is 4.39 Å². The molecule has 1 rings (SSSR count). The molecule has 0 radical (unpaired) electrons. The van der Waals surface area contributed by atoms with E-state index >= 15 is 0 Å². The largest absolute Gasteiger partial charge is 0.352 e. The Bertz CT molecular complexity index is 395. The number of amides is 1. The van der Waals surface area contributed by atoms with Crippen LogP contribution in [0.1, 0.15) is 19.4 Å². The minimum atomic E-state index is -0.223. The molecular formula is C13H16FNO. The lowest BCUT2D eigenvalue weighted by molar-refractivity contribution is -0.116. The van der Waals surface area contributed by atoms with Crippen LogP contribution in [0.2, 0.25) is 0 Å². The highest BCUT2D eigenvalue weighted by Crippen LogP contribution is 2.06. The average Bonchev–Trinajstić information content (AvgIpc) is 2.19. The zero-order valence-corrected chi connectivity index (χ0v) is 9.59. The fourth-order valence-electron chi connectivity index (χ4n) is 1.33. The predicted molar refractivity (Wildman–Crippen MR) is 62.5 cm³/mol. The second-order valence-corrected chi connectivity index (χ2v) is 3.85. The van der Waals surface area contributed by atoms with E-state index in [1.165, 1.54) is 12.1 Å². The fraction of sp³-hybridized carbons (Fsp3) is 0.308. The van der Waals surface area contributed by atoms with Gasteiger partial charge in [-0.15, -0.1) is 0 Å². The molecule has 2 nitrogen and oxygen atoms in total. The Hall–Kier alpha value is -1.64. The molecule has 0 fully saturated rings. The van der Waals surface area contributed by atoms with Gasteiger partial charge >= 0.3 is 0 Å². The van der Waals surface area contributed by atoms with E-state index in [4.69, 9.17) is 0 Å². The van der Waals surface area contributed by atoms with Crippen molar-refractivity contribution in [2.75, 3.05) is 6.54 Å². The van der Waals surface area contributed by atoms with Gasteiger partial charge in [0.2, 0.25) is 5.91 Å². The van der Waals surface area contributed by atoms with Crippen LogP contribution in [-0.2, 0) is 11.2 Å². The van der Waals surface area contributed by atoms with Crippen molar-refractivity contribution in [2.24, 2.45) is 0 Å². The third-order valence-corrected chi connectivity index (χ3v) is 2.07. The predicted octanol–water partition coefficient (Wildman–Crippen LogP) is 2.45. The number of halogens is 1. The lowest BCUT2D eigenvalue weighted by Crippen LogP contribution is -2.24. The van der Waals surface area contributed by atoms with Crippen molar-refractivity contribution in [3.8, 4) is 0 Å². The molecule has 1 aromatic rings. The number of hydrogen-bond donors (Lipinski definition) is 1. The van der Waals surface area contributed by atoms with Crippen LogP contribution in [0.5, 0.6) is 0 Å². The van der Waals surface area contributed by atoms with E-state index in [-0.39, 0.29) is 11.7 Å². The molecule has 0 atom stereocenters. The van der Waals surface area contributed by atoms with Gasteiger partial charge in [-0.3, -0.25) is 4.79 Å². The quantitative estimate of drug-likeness (QED) is 0.777. The Kier molecular flexibility index (Phi) is 4.70. The monoisotopic (exact) mass is 221 g/mol. The molecule has 86 valence electrons. The van der Waals surface area contributed by atoms with Crippen molar-refractivity contribution in [1.82, 2.24) is 5.32 Å². The van der Waals surface area contributed by atoms with Crippen LogP contribution < -0.4 is 5.32 Å². The highest BCUT2D eigenvalue weighted by molar-refractivity contribution is 5.87. The lowest BCUT2D eigenvalue weighted by atomic mass is 10.1. The summed E-state index contributed by atoms with van der Waals surface area (Å²) in [6.07, 6.45) is 2.04. The normalized spacial score (nSPS) is 9.69. The number of rotatable bonds is 4. The first-order valence-corrected chi connectivity index (χ1v) is 5.25. The molecule has 0 aliphatic heterocycles. The summed E-state index contributed by atoms with van der Waals surface area (Å²) >= 11 is 0. The summed E-state index contributed by atoms with van der Waals surface area (Å²) < 4.78 is 13.2. The van der Waals surface area contributed by atoms with E-state index < -0.39 is 0 Å². The van der Waals surface area contributed by atoms with Gasteiger partial charge in [0.25, 0.3) is 0 Å². The highest BCUT2D eigenvalue weighted by Gasteiger charge is 2.01. The van der Waals surface area contributed by atoms with Crippen molar-refractivity contribution in [3.63, 3.8) is 0 Å². The Balaban J connectivity index is 2.39. The fourth-order valence-corrected chi connectivity index (χ4v) is 1.33. The summed E-state index contributed by atoms with van der Waals surface area (Å²) in [5, 5.41) is 2.71. The molecule has 16 heavy (non-hydrogen) atoms. The first-order valence-electron chi connectivity index (χ1n) is 5.25. The van der Waals surface area contributed by atoms with Crippen molar-refractivity contribution in [2.45, 2.75) is 20.3 Å². The second-order valence-electron chi connectivity index (χ2n) is 3.85. The molecular weight excluding hydrogens is 205 g/mol. The smallest absolute Gasteiger partial charge is 0.243 e. The summed E-state index contributed by atoms with van der Waals surface area (Å²) in [5.41, 5.74) is 1.57. The number of carbonyl (C=O) groups is 1. The molecule has 1 amide bonds. The van der Waals surface area contributed by atoms with Crippen molar-refractivity contribution < 1.29 is 9.18 Å². The molecule has 0 aromatic heterocycles.